The molecule has 0 fully saturated rings. The molecule has 2 N–H and O–H groups in total. The standard InChI is InChI=1S/C23H25FN2O3/c1-14(2)19-12-20-16(11-23(28)29-21(20)10-15(19)3)13-26(9-8-22(25)27)18-6-4-17(24)5-7-18/h4-7,10-12,14H,8-9,13H2,1-3H3,(H2,25,27). The fourth-order valence-corrected chi connectivity index (χ4v) is 3.55. The van der Waals surface area contributed by atoms with Crippen molar-refractivity contribution in [1.29, 1.82) is 0 Å². The first kappa shape index (κ1) is 20.6. The maximum atomic E-state index is 13.4. The first-order valence-electron chi connectivity index (χ1n) is 9.60. The molecule has 0 aliphatic heterocycles. The molecule has 6 heteroatoms. The van der Waals surface area contributed by atoms with Crippen molar-refractivity contribution < 1.29 is 13.6 Å². The Morgan fingerprint density at radius 2 is 1.86 bits per heavy atom. The normalized spacial score (nSPS) is 11.2. The highest BCUT2D eigenvalue weighted by Crippen LogP contribution is 2.28. The Morgan fingerprint density at radius 3 is 2.48 bits per heavy atom. The molecular weight excluding hydrogens is 371 g/mol. The molecule has 3 rings (SSSR count). The SMILES string of the molecule is Cc1cc2oc(=O)cc(CN(CCC(N)=O)c3ccc(F)cc3)c2cc1C(C)C. The third-order valence-corrected chi connectivity index (χ3v) is 5.02. The van der Waals surface area contributed by atoms with Crippen LogP contribution in [0.15, 0.2) is 51.7 Å². The van der Waals surface area contributed by atoms with E-state index in [0.29, 0.717) is 24.6 Å². The number of nitrogens with two attached hydrogens (primary N) is 1. The van der Waals surface area contributed by atoms with Crippen LogP contribution in [0.2, 0.25) is 0 Å². The molecule has 0 radical (unpaired) electrons. The second kappa shape index (κ2) is 8.47. The lowest BCUT2D eigenvalue weighted by molar-refractivity contribution is -0.117. The highest BCUT2D eigenvalue weighted by atomic mass is 19.1. The summed E-state index contributed by atoms with van der Waals surface area (Å²) in [6.45, 7) is 6.95. The van der Waals surface area contributed by atoms with Gasteiger partial charge in [0.2, 0.25) is 5.91 Å². The fourth-order valence-electron chi connectivity index (χ4n) is 3.55. The minimum absolute atomic E-state index is 0.146. The molecule has 3 aromatic rings. The number of hydrogen-bond acceptors (Lipinski definition) is 4. The minimum Gasteiger partial charge on any atom is -0.423 e. The predicted octanol–water partition coefficient (Wildman–Crippen LogP) is 4.25. The van der Waals surface area contributed by atoms with E-state index < -0.39 is 11.5 Å². The number of fused-ring (bicyclic) bond motifs is 1. The van der Waals surface area contributed by atoms with Gasteiger partial charge in [0.05, 0.1) is 0 Å². The third kappa shape index (κ3) is 4.83. The number of anilines is 1. The van der Waals surface area contributed by atoms with Gasteiger partial charge in [0.15, 0.2) is 0 Å². The van der Waals surface area contributed by atoms with Crippen molar-refractivity contribution in [3.63, 3.8) is 0 Å². The van der Waals surface area contributed by atoms with Gasteiger partial charge in [-0.05, 0) is 65.9 Å². The zero-order chi connectivity index (χ0) is 21.1. The molecule has 1 aromatic heterocycles. The van der Waals surface area contributed by atoms with Gasteiger partial charge in [-0.15, -0.1) is 0 Å². The van der Waals surface area contributed by atoms with E-state index in [0.717, 1.165) is 22.2 Å². The zero-order valence-electron chi connectivity index (χ0n) is 16.9. The molecule has 152 valence electrons. The van der Waals surface area contributed by atoms with Gasteiger partial charge in [-0.2, -0.15) is 0 Å². The number of carbonyl (C=O) groups is 1. The molecule has 0 atom stereocenters. The van der Waals surface area contributed by atoms with Gasteiger partial charge in [-0.1, -0.05) is 13.8 Å². The number of nitrogens with zero attached hydrogens (tertiary/aromatic N) is 1. The van der Waals surface area contributed by atoms with Crippen LogP contribution in [0.25, 0.3) is 11.0 Å². The van der Waals surface area contributed by atoms with Crippen LogP contribution in [0.5, 0.6) is 0 Å². The van der Waals surface area contributed by atoms with Crippen LogP contribution in [0, 0.1) is 12.7 Å². The average Bonchev–Trinajstić information content (AvgIpc) is 2.64. The van der Waals surface area contributed by atoms with Crippen molar-refractivity contribution >= 4 is 22.6 Å². The molecule has 0 bridgehead atoms. The summed E-state index contributed by atoms with van der Waals surface area (Å²) in [6.07, 6.45) is 0.146. The van der Waals surface area contributed by atoms with Crippen molar-refractivity contribution in [1.82, 2.24) is 0 Å². The molecule has 1 amide bonds. The van der Waals surface area contributed by atoms with E-state index in [-0.39, 0.29) is 12.2 Å². The van der Waals surface area contributed by atoms with Gasteiger partial charge in [0.25, 0.3) is 0 Å². The van der Waals surface area contributed by atoms with Crippen LogP contribution >= 0.6 is 0 Å². The lowest BCUT2D eigenvalue weighted by Gasteiger charge is -2.25. The molecule has 0 saturated carbocycles. The highest BCUT2D eigenvalue weighted by Gasteiger charge is 2.15. The number of amides is 1. The molecule has 0 spiro atoms. The zero-order valence-corrected chi connectivity index (χ0v) is 16.9. The van der Waals surface area contributed by atoms with Crippen molar-refractivity contribution in [2.24, 2.45) is 5.73 Å². The van der Waals surface area contributed by atoms with Crippen LogP contribution in [0.4, 0.5) is 10.1 Å². The number of aryl methyl sites for hydroxylation is 1. The Bertz CT molecular complexity index is 1090. The van der Waals surface area contributed by atoms with E-state index >= 15 is 0 Å². The Labute approximate surface area is 168 Å². The van der Waals surface area contributed by atoms with Crippen molar-refractivity contribution in [3.8, 4) is 0 Å². The number of primary amides is 1. The van der Waals surface area contributed by atoms with Crippen LogP contribution < -0.4 is 16.3 Å². The largest absolute Gasteiger partial charge is 0.423 e. The highest BCUT2D eigenvalue weighted by molar-refractivity contribution is 5.82. The molecule has 0 aliphatic rings. The summed E-state index contributed by atoms with van der Waals surface area (Å²) in [7, 11) is 0. The first-order chi connectivity index (χ1) is 13.7. The van der Waals surface area contributed by atoms with Gasteiger partial charge < -0.3 is 15.1 Å². The van der Waals surface area contributed by atoms with E-state index in [9.17, 15) is 14.0 Å². The quantitative estimate of drug-likeness (QED) is 0.606. The molecular formula is C23H25FN2O3. The Morgan fingerprint density at radius 1 is 1.17 bits per heavy atom. The van der Waals surface area contributed by atoms with Crippen LogP contribution in [0.1, 0.15) is 42.9 Å². The molecule has 0 unspecified atom stereocenters. The lowest BCUT2D eigenvalue weighted by atomic mass is 9.94. The van der Waals surface area contributed by atoms with E-state index in [4.69, 9.17) is 10.2 Å². The summed E-state index contributed by atoms with van der Waals surface area (Å²) in [5.41, 5.74) is 9.20. The van der Waals surface area contributed by atoms with Gasteiger partial charge in [-0.3, -0.25) is 4.79 Å². The number of halogens is 1. The van der Waals surface area contributed by atoms with Crippen molar-refractivity contribution in [2.75, 3.05) is 11.4 Å². The maximum Gasteiger partial charge on any atom is 0.336 e. The topological polar surface area (TPSA) is 76.5 Å². The van der Waals surface area contributed by atoms with Gasteiger partial charge >= 0.3 is 5.63 Å². The number of carbonyl (C=O) groups excluding carboxylic acids is 1. The fraction of sp³-hybridized carbons (Fsp3) is 0.304. The number of benzene rings is 2. The lowest BCUT2D eigenvalue weighted by Crippen LogP contribution is -2.28. The van der Waals surface area contributed by atoms with Crippen molar-refractivity contribution in [3.05, 3.63) is 75.4 Å². The Kier molecular flexibility index (Phi) is 6.01. The Balaban J connectivity index is 2.08. The maximum absolute atomic E-state index is 13.4. The number of hydrogen-bond donors (Lipinski definition) is 1. The molecule has 5 nitrogen and oxygen atoms in total. The van der Waals surface area contributed by atoms with Crippen LogP contribution in [-0.4, -0.2) is 12.5 Å². The molecule has 2 aromatic carbocycles. The smallest absolute Gasteiger partial charge is 0.336 e. The van der Waals surface area contributed by atoms with E-state index in [1.54, 1.807) is 12.1 Å². The van der Waals surface area contributed by atoms with E-state index in [1.807, 2.05) is 17.9 Å². The Hall–Kier alpha value is -3.15. The number of rotatable bonds is 7. The molecule has 29 heavy (non-hydrogen) atoms. The van der Waals surface area contributed by atoms with E-state index in [1.165, 1.54) is 23.8 Å². The summed E-state index contributed by atoms with van der Waals surface area (Å²) in [6, 6.07) is 11.4. The monoisotopic (exact) mass is 396 g/mol. The van der Waals surface area contributed by atoms with Crippen LogP contribution in [0.3, 0.4) is 0 Å². The van der Waals surface area contributed by atoms with Gasteiger partial charge in [-0.25, -0.2) is 9.18 Å². The summed E-state index contributed by atoms with van der Waals surface area (Å²) in [5, 5.41) is 0.852. The predicted molar refractivity (Wildman–Crippen MR) is 113 cm³/mol. The van der Waals surface area contributed by atoms with Gasteiger partial charge in [0.1, 0.15) is 11.4 Å². The molecule has 0 saturated heterocycles. The summed E-state index contributed by atoms with van der Waals surface area (Å²) < 4.78 is 18.8. The minimum atomic E-state index is -0.432. The van der Waals surface area contributed by atoms with Gasteiger partial charge in [0, 0.05) is 36.7 Å². The second-order valence-corrected chi connectivity index (χ2v) is 7.56. The van der Waals surface area contributed by atoms with E-state index in [2.05, 4.69) is 19.9 Å². The summed E-state index contributed by atoms with van der Waals surface area (Å²) in [5.74, 6) is -0.444. The summed E-state index contributed by atoms with van der Waals surface area (Å²) in [4.78, 5) is 25.4. The molecule has 1 heterocycles. The van der Waals surface area contributed by atoms with Crippen molar-refractivity contribution in [2.45, 2.75) is 39.7 Å². The second-order valence-electron chi connectivity index (χ2n) is 7.56. The summed E-state index contributed by atoms with van der Waals surface area (Å²) >= 11 is 0. The van der Waals surface area contributed by atoms with Crippen LogP contribution in [-0.2, 0) is 11.3 Å². The average molecular weight is 396 g/mol. The third-order valence-electron chi connectivity index (χ3n) is 5.02. The first-order valence-corrected chi connectivity index (χ1v) is 9.60. The molecule has 0 aliphatic carbocycles.